The molecule has 0 saturated carbocycles. The summed E-state index contributed by atoms with van der Waals surface area (Å²) in [6.45, 7) is 0.567. The molecule has 8 nitrogen and oxygen atoms in total. The summed E-state index contributed by atoms with van der Waals surface area (Å²) < 4.78 is 24.2. The topological polar surface area (TPSA) is 102 Å². The number of benzene rings is 2. The minimum atomic E-state index is -0.619. The fourth-order valence-corrected chi connectivity index (χ4v) is 3.38. The summed E-state index contributed by atoms with van der Waals surface area (Å²) in [4.78, 5) is 24.2. The van der Waals surface area contributed by atoms with Crippen molar-refractivity contribution in [2.45, 2.75) is 11.6 Å². The maximum Gasteiger partial charge on any atom is 0.259 e. The zero-order valence-electron chi connectivity index (χ0n) is 16.1. The number of halogens is 1. The summed E-state index contributed by atoms with van der Waals surface area (Å²) in [5.41, 5.74) is 0.819. The molecule has 1 aliphatic rings. The zero-order valence-corrected chi connectivity index (χ0v) is 16.9. The molecular formula is C21H17FN4O4S. The van der Waals surface area contributed by atoms with Gasteiger partial charge in [0.15, 0.2) is 17.3 Å². The fourth-order valence-electron chi connectivity index (χ4n) is 2.73. The van der Waals surface area contributed by atoms with Crippen molar-refractivity contribution in [3.05, 3.63) is 71.5 Å². The molecule has 0 fully saturated rings. The summed E-state index contributed by atoms with van der Waals surface area (Å²) in [5.74, 6) is 0.297. The molecule has 0 atom stereocenters. The first-order chi connectivity index (χ1) is 15.1. The van der Waals surface area contributed by atoms with E-state index in [1.165, 1.54) is 30.0 Å². The van der Waals surface area contributed by atoms with Crippen LogP contribution in [0.1, 0.15) is 15.9 Å². The van der Waals surface area contributed by atoms with Crippen LogP contribution in [0, 0.1) is 5.82 Å². The SMILES string of the molecule is O=C(CSc1ccc(NC(=O)c2ccccc2F)nn1)NCc1ccc2c(c1)OCO2. The quantitative estimate of drug-likeness (QED) is 0.545. The van der Waals surface area contributed by atoms with E-state index in [2.05, 4.69) is 20.8 Å². The van der Waals surface area contributed by atoms with Gasteiger partial charge in [-0.1, -0.05) is 30.0 Å². The molecule has 2 amide bonds. The number of nitrogens with one attached hydrogen (secondary N) is 2. The van der Waals surface area contributed by atoms with E-state index in [0.29, 0.717) is 23.1 Å². The van der Waals surface area contributed by atoms with Crippen LogP contribution in [0.3, 0.4) is 0 Å². The summed E-state index contributed by atoms with van der Waals surface area (Å²) >= 11 is 1.21. The van der Waals surface area contributed by atoms with Gasteiger partial charge < -0.3 is 20.1 Å². The highest BCUT2D eigenvalue weighted by Crippen LogP contribution is 2.32. The van der Waals surface area contributed by atoms with Crippen molar-refractivity contribution >= 4 is 29.4 Å². The highest BCUT2D eigenvalue weighted by molar-refractivity contribution is 7.99. The molecular weight excluding hydrogens is 423 g/mol. The highest BCUT2D eigenvalue weighted by Gasteiger charge is 2.14. The summed E-state index contributed by atoms with van der Waals surface area (Å²) in [6.07, 6.45) is 0. The maximum absolute atomic E-state index is 13.7. The average molecular weight is 440 g/mol. The second-order valence-electron chi connectivity index (χ2n) is 6.44. The second kappa shape index (κ2) is 9.43. The lowest BCUT2D eigenvalue weighted by molar-refractivity contribution is -0.118. The third kappa shape index (κ3) is 5.28. The molecule has 3 aromatic rings. The molecule has 1 aromatic heterocycles. The predicted molar refractivity (Wildman–Crippen MR) is 112 cm³/mol. The molecule has 0 unspecified atom stereocenters. The van der Waals surface area contributed by atoms with E-state index in [0.717, 1.165) is 5.56 Å². The lowest BCUT2D eigenvalue weighted by atomic mass is 10.2. The molecule has 0 radical (unpaired) electrons. The molecule has 1 aliphatic heterocycles. The number of ether oxygens (including phenoxy) is 2. The van der Waals surface area contributed by atoms with Gasteiger partial charge in [-0.25, -0.2) is 4.39 Å². The maximum atomic E-state index is 13.7. The number of anilines is 1. The number of hydrogen-bond donors (Lipinski definition) is 2. The number of amides is 2. The fraction of sp³-hybridized carbons (Fsp3) is 0.143. The molecule has 4 rings (SSSR count). The van der Waals surface area contributed by atoms with Crippen LogP contribution in [0.25, 0.3) is 0 Å². The van der Waals surface area contributed by atoms with Crippen LogP contribution in [0.5, 0.6) is 11.5 Å². The number of aromatic nitrogens is 2. The van der Waals surface area contributed by atoms with E-state index < -0.39 is 11.7 Å². The van der Waals surface area contributed by atoms with Crippen molar-refractivity contribution in [1.29, 1.82) is 0 Å². The molecule has 10 heteroatoms. The van der Waals surface area contributed by atoms with E-state index in [1.54, 1.807) is 24.3 Å². The lowest BCUT2D eigenvalue weighted by Gasteiger charge is -2.07. The largest absolute Gasteiger partial charge is 0.454 e. The first kappa shape index (κ1) is 20.6. The zero-order chi connectivity index (χ0) is 21.6. The molecule has 0 aliphatic carbocycles. The lowest BCUT2D eigenvalue weighted by Crippen LogP contribution is -2.24. The number of carbonyl (C=O) groups excluding carboxylic acids is 2. The predicted octanol–water partition coefficient (Wildman–Crippen LogP) is 3.01. The van der Waals surface area contributed by atoms with Crippen molar-refractivity contribution in [2.24, 2.45) is 0 Å². The Balaban J connectivity index is 1.24. The molecule has 31 heavy (non-hydrogen) atoms. The minimum Gasteiger partial charge on any atom is -0.454 e. The second-order valence-corrected chi connectivity index (χ2v) is 7.44. The van der Waals surface area contributed by atoms with Gasteiger partial charge in [-0.15, -0.1) is 10.2 Å². The van der Waals surface area contributed by atoms with Gasteiger partial charge in [0.25, 0.3) is 5.91 Å². The highest BCUT2D eigenvalue weighted by atomic mass is 32.2. The van der Waals surface area contributed by atoms with E-state index in [9.17, 15) is 14.0 Å². The molecule has 0 saturated heterocycles. The smallest absolute Gasteiger partial charge is 0.259 e. The van der Waals surface area contributed by atoms with Crippen LogP contribution in [0.15, 0.2) is 59.6 Å². The molecule has 2 N–H and O–H groups in total. The van der Waals surface area contributed by atoms with Crippen molar-refractivity contribution in [1.82, 2.24) is 15.5 Å². The van der Waals surface area contributed by atoms with Crippen molar-refractivity contribution < 1.29 is 23.5 Å². The Hall–Kier alpha value is -3.66. The van der Waals surface area contributed by atoms with Gasteiger partial charge in [0.2, 0.25) is 12.7 Å². The minimum absolute atomic E-state index is 0.0816. The Morgan fingerprint density at radius 1 is 1.03 bits per heavy atom. The Bertz CT molecular complexity index is 1110. The monoisotopic (exact) mass is 440 g/mol. The van der Waals surface area contributed by atoms with Crippen LogP contribution in [-0.2, 0) is 11.3 Å². The third-order valence-electron chi connectivity index (χ3n) is 4.28. The van der Waals surface area contributed by atoms with Crippen LogP contribution in [-0.4, -0.2) is 34.6 Å². The molecule has 0 spiro atoms. The standard InChI is InChI=1S/C21H17FN4O4S/c22-15-4-2-1-3-14(15)21(28)24-18-7-8-20(26-25-18)31-11-19(27)23-10-13-5-6-16-17(9-13)30-12-29-16/h1-9H,10-12H2,(H,23,27)(H,24,25,28). The van der Waals surface area contributed by atoms with E-state index in [1.807, 2.05) is 12.1 Å². The molecule has 2 heterocycles. The van der Waals surface area contributed by atoms with Crippen molar-refractivity contribution in [3.63, 3.8) is 0 Å². The first-order valence-corrected chi connectivity index (χ1v) is 10.2. The van der Waals surface area contributed by atoms with E-state index in [-0.39, 0.29) is 29.8 Å². The third-order valence-corrected chi connectivity index (χ3v) is 5.20. The first-order valence-electron chi connectivity index (χ1n) is 9.26. The van der Waals surface area contributed by atoms with Crippen molar-refractivity contribution in [2.75, 3.05) is 17.9 Å². The average Bonchev–Trinajstić information content (AvgIpc) is 3.25. The van der Waals surface area contributed by atoms with Gasteiger partial charge in [-0.05, 0) is 42.0 Å². The number of carbonyl (C=O) groups is 2. The normalized spacial score (nSPS) is 11.8. The van der Waals surface area contributed by atoms with Gasteiger partial charge in [0.1, 0.15) is 10.8 Å². The van der Waals surface area contributed by atoms with Crippen LogP contribution >= 0.6 is 11.8 Å². The number of thioether (sulfide) groups is 1. The molecule has 158 valence electrons. The Morgan fingerprint density at radius 2 is 1.87 bits per heavy atom. The van der Waals surface area contributed by atoms with Gasteiger partial charge >= 0.3 is 0 Å². The van der Waals surface area contributed by atoms with Gasteiger partial charge in [0, 0.05) is 6.54 Å². The van der Waals surface area contributed by atoms with Crippen LogP contribution in [0.4, 0.5) is 10.2 Å². The van der Waals surface area contributed by atoms with Gasteiger partial charge in [-0.3, -0.25) is 9.59 Å². The van der Waals surface area contributed by atoms with E-state index >= 15 is 0 Å². The number of fused-ring (bicyclic) bond motifs is 1. The van der Waals surface area contributed by atoms with Gasteiger partial charge in [-0.2, -0.15) is 0 Å². The van der Waals surface area contributed by atoms with Crippen LogP contribution < -0.4 is 20.1 Å². The van der Waals surface area contributed by atoms with Gasteiger partial charge in [0.05, 0.1) is 11.3 Å². The number of rotatable bonds is 7. The summed E-state index contributed by atoms with van der Waals surface area (Å²) in [5, 5.41) is 13.7. The molecule has 2 aromatic carbocycles. The summed E-state index contributed by atoms with van der Waals surface area (Å²) in [6, 6.07) is 14.3. The molecule has 0 bridgehead atoms. The number of hydrogen-bond acceptors (Lipinski definition) is 7. The summed E-state index contributed by atoms with van der Waals surface area (Å²) in [7, 11) is 0. The Morgan fingerprint density at radius 3 is 2.68 bits per heavy atom. The Labute approximate surface area is 181 Å². The number of nitrogens with zero attached hydrogens (tertiary/aromatic N) is 2. The Kier molecular flexibility index (Phi) is 6.27. The van der Waals surface area contributed by atoms with Crippen molar-refractivity contribution in [3.8, 4) is 11.5 Å². The van der Waals surface area contributed by atoms with E-state index in [4.69, 9.17) is 9.47 Å². The van der Waals surface area contributed by atoms with Crippen LogP contribution in [0.2, 0.25) is 0 Å².